The van der Waals surface area contributed by atoms with Crippen LogP contribution in [0.2, 0.25) is 0 Å². The number of carboxylic acids is 1. The maximum Gasteiger partial charge on any atom is 0.333 e. The second kappa shape index (κ2) is 4.48. The van der Waals surface area contributed by atoms with Gasteiger partial charge in [0.25, 0.3) is 0 Å². The number of carbonyl (C=O) groups is 2. The minimum atomic E-state index is -2.00. The van der Waals surface area contributed by atoms with Crippen LogP contribution < -0.4 is 5.32 Å². The van der Waals surface area contributed by atoms with Gasteiger partial charge in [-0.3, -0.25) is 4.79 Å². The maximum atomic E-state index is 13.6. The van der Waals surface area contributed by atoms with Gasteiger partial charge in [0.15, 0.2) is 5.54 Å². The van der Waals surface area contributed by atoms with Crippen LogP contribution in [0.15, 0.2) is 12.1 Å². The Balaban J connectivity index is 3.43. The minimum absolute atomic E-state index is 0.0603. The van der Waals surface area contributed by atoms with E-state index in [1.54, 1.807) is 0 Å². The number of carboxylic acid groups (broad SMARTS) is 1. The lowest BCUT2D eigenvalue weighted by molar-refractivity contribution is -0.146. The van der Waals surface area contributed by atoms with Gasteiger partial charge in [0.05, 0.1) is 0 Å². The molecule has 1 unspecified atom stereocenters. The number of amides is 1. The third-order valence-electron chi connectivity index (χ3n) is 2.56. The molecule has 0 saturated heterocycles. The van der Waals surface area contributed by atoms with Crippen LogP contribution in [-0.2, 0) is 15.1 Å². The third-order valence-corrected chi connectivity index (χ3v) is 2.56. The van der Waals surface area contributed by atoms with E-state index in [0.29, 0.717) is 0 Å². The molecule has 0 aliphatic rings. The Labute approximate surface area is 96.3 Å². The van der Waals surface area contributed by atoms with E-state index >= 15 is 0 Å². The molecule has 0 bridgehead atoms. The van der Waals surface area contributed by atoms with E-state index in [9.17, 15) is 18.4 Å². The van der Waals surface area contributed by atoms with Gasteiger partial charge in [0, 0.05) is 5.56 Å². The molecule has 1 aromatic carbocycles. The smallest absolute Gasteiger partial charge is 0.333 e. The summed E-state index contributed by atoms with van der Waals surface area (Å²) in [7, 11) is 0. The fourth-order valence-corrected chi connectivity index (χ4v) is 1.40. The lowest BCUT2D eigenvalue weighted by atomic mass is 9.91. The third kappa shape index (κ3) is 2.25. The van der Waals surface area contributed by atoms with Gasteiger partial charge < -0.3 is 10.4 Å². The van der Waals surface area contributed by atoms with Crippen molar-refractivity contribution in [3.63, 3.8) is 0 Å². The Kier molecular flexibility index (Phi) is 3.45. The molecule has 0 aliphatic heterocycles. The molecule has 0 spiro atoms. The van der Waals surface area contributed by atoms with Gasteiger partial charge in [0.2, 0.25) is 6.41 Å². The minimum Gasteiger partial charge on any atom is -0.479 e. The molecule has 1 aromatic rings. The van der Waals surface area contributed by atoms with Gasteiger partial charge in [0.1, 0.15) is 11.6 Å². The Morgan fingerprint density at radius 2 is 2.00 bits per heavy atom. The van der Waals surface area contributed by atoms with Gasteiger partial charge in [-0.2, -0.15) is 0 Å². The summed E-state index contributed by atoms with van der Waals surface area (Å²) in [6.45, 7) is 2.43. The van der Waals surface area contributed by atoms with E-state index in [-0.39, 0.29) is 12.0 Å². The number of benzene rings is 1. The van der Waals surface area contributed by atoms with Crippen molar-refractivity contribution in [1.29, 1.82) is 0 Å². The summed E-state index contributed by atoms with van der Waals surface area (Å²) in [6, 6.07) is 1.66. The average Bonchev–Trinajstić information content (AvgIpc) is 2.23. The van der Waals surface area contributed by atoms with Crippen LogP contribution in [0.1, 0.15) is 18.1 Å². The summed E-state index contributed by atoms with van der Waals surface area (Å²) in [5.41, 5.74) is -2.37. The molecular weight excluding hydrogens is 232 g/mol. The first kappa shape index (κ1) is 13.1. The highest BCUT2D eigenvalue weighted by Gasteiger charge is 2.37. The first-order chi connectivity index (χ1) is 7.82. The first-order valence-corrected chi connectivity index (χ1v) is 4.73. The zero-order valence-corrected chi connectivity index (χ0v) is 9.25. The van der Waals surface area contributed by atoms with Crippen molar-refractivity contribution < 1.29 is 23.5 Å². The summed E-state index contributed by atoms with van der Waals surface area (Å²) in [5.74, 6) is -3.10. The summed E-state index contributed by atoms with van der Waals surface area (Å²) in [6.07, 6.45) is 0.130. The van der Waals surface area contributed by atoms with Crippen molar-refractivity contribution in [3.8, 4) is 0 Å². The second-order valence-corrected chi connectivity index (χ2v) is 3.77. The predicted octanol–water partition coefficient (Wildman–Crippen LogP) is 1.32. The molecule has 2 N–H and O–H groups in total. The number of rotatable bonds is 4. The van der Waals surface area contributed by atoms with E-state index in [4.69, 9.17) is 5.11 Å². The van der Waals surface area contributed by atoms with E-state index in [2.05, 4.69) is 0 Å². The van der Waals surface area contributed by atoms with Crippen LogP contribution >= 0.6 is 0 Å². The van der Waals surface area contributed by atoms with Crippen LogP contribution in [-0.4, -0.2) is 17.5 Å². The normalized spacial score (nSPS) is 13.9. The quantitative estimate of drug-likeness (QED) is 0.784. The Morgan fingerprint density at radius 3 is 2.47 bits per heavy atom. The monoisotopic (exact) mass is 243 g/mol. The molecule has 0 aliphatic carbocycles. The number of aliphatic carboxylic acids is 1. The molecule has 4 nitrogen and oxygen atoms in total. The zero-order chi connectivity index (χ0) is 13.2. The summed E-state index contributed by atoms with van der Waals surface area (Å²) in [5, 5.41) is 11.0. The molecule has 17 heavy (non-hydrogen) atoms. The molecule has 92 valence electrons. The molecule has 1 amide bonds. The first-order valence-electron chi connectivity index (χ1n) is 4.73. The van der Waals surface area contributed by atoms with Crippen molar-refractivity contribution in [2.24, 2.45) is 0 Å². The molecule has 6 heteroatoms. The molecule has 1 atom stereocenters. The molecule has 0 radical (unpaired) electrons. The summed E-state index contributed by atoms with van der Waals surface area (Å²) in [4.78, 5) is 21.4. The van der Waals surface area contributed by atoms with E-state index in [1.165, 1.54) is 6.92 Å². The Bertz CT molecular complexity index is 476. The van der Waals surface area contributed by atoms with Crippen LogP contribution in [0.4, 0.5) is 8.78 Å². The van der Waals surface area contributed by atoms with Gasteiger partial charge in [-0.05, 0) is 31.5 Å². The predicted molar refractivity (Wildman–Crippen MR) is 55.3 cm³/mol. The summed E-state index contributed by atoms with van der Waals surface area (Å²) < 4.78 is 26.9. The van der Waals surface area contributed by atoms with Crippen molar-refractivity contribution in [3.05, 3.63) is 34.9 Å². The van der Waals surface area contributed by atoms with Crippen molar-refractivity contribution in [2.75, 3.05) is 0 Å². The maximum absolute atomic E-state index is 13.6. The number of aryl methyl sites for hydroxylation is 1. The van der Waals surface area contributed by atoms with Gasteiger partial charge in [-0.15, -0.1) is 0 Å². The van der Waals surface area contributed by atoms with Crippen LogP contribution in [0.5, 0.6) is 0 Å². The highest BCUT2D eigenvalue weighted by molar-refractivity contribution is 5.82. The molecule has 0 saturated carbocycles. The SMILES string of the molecule is Cc1cc(F)c(C(C)(NC=O)C(=O)O)cc1F. The molecular formula is C11H11F2NO3. The Hall–Kier alpha value is -1.98. The molecule has 0 aromatic heterocycles. The Morgan fingerprint density at radius 1 is 1.41 bits per heavy atom. The number of halogens is 2. The van der Waals surface area contributed by atoms with Crippen molar-refractivity contribution in [2.45, 2.75) is 19.4 Å². The second-order valence-electron chi connectivity index (χ2n) is 3.77. The lowest BCUT2D eigenvalue weighted by Crippen LogP contribution is -2.46. The van der Waals surface area contributed by atoms with E-state index in [0.717, 1.165) is 19.1 Å². The van der Waals surface area contributed by atoms with Gasteiger partial charge in [-0.1, -0.05) is 0 Å². The van der Waals surface area contributed by atoms with Gasteiger partial charge in [-0.25, -0.2) is 13.6 Å². The number of carbonyl (C=O) groups excluding carboxylic acids is 1. The van der Waals surface area contributed by atoms with Crippen LogP contribution in [0, 0.1) is 18.6 Å². The standard InChI is InChI=1S/C11H11F2NO3/c1-6-3-9(13)7(4-8(6)12)11(2,10(16)17)14-5-15/h3-5H,1-2H3,(H,14,15)(H,16,17). The summed E-state index contributed by atoms with van der Waals surface area (Å²) >= 11 is 0. The fourth-order valence-electron chi connectivity index (χ4n) is 1.40. The average molecular weight is 243 g/mol. The van der Waals surface area contributed by atoms with Crippen LogP contribution in [0.25, 0.3) is 0 Å². The topological polar surface area (TPSA) is 66.4 Å². The number of nitrogens with one attached hydrogen (secondary N) is 1. The number of hydrogen-bond acceptors (Lipinski definition) is 2. The molecule has 1 rings (SSSR count). The largest absolute Gasteiger partial charge is 0.479 e. The number of hydrogen-bond donors (Lipinski definition) is 2. The zero-order valence-electron chi connectivity index (χ0n) is 9.25. The van der Waals surface area contributed by atoms with Crippen molar-refractivity contribution >= 4 is 12.4 Å². The lowest BCUT2D eigenvalue weighted by Gasteiger charge is -2.25. The van der Waals surface area contributed by atoms with Gasteiger partial charge >= 0.3 is 5.97 Å². The van der Waals surface area contributed by atoms with E-state index in [1.807, 2.05) is 5.32 Å². The fraction of sp³-hybridized carbons (Fsp3) is 0.273. The highest BCUT2D eigenvalue weighted by Crippen LogP contribution is 2.26. The van der Waals surface area contributed by atoms with Crippen LogP contribution in [0.3, 0.4) is 0 Å². The highest BCUT2D eigenvalue weighted by atomic mass is 19.1. The molecule has 0 fully saturated rings. The van der Waals surface area contributed by atoms with Crippen molar-refractivity contribution in [1.82, 2.24) is 5.32 Å². The van der Waals surface area contributed by atoms with E-state index < -0.39 is 28.7 Å². The molecule has 0 heterocycles.